The van der Waals surface area contributed by atoms with Crippen LogP contribution in [0.25, 0.3) is 0 Å². The summed E-state index contributed by atoms with van der Waals surface area (Å²) in [5, 5.41) is 3.95. The molecule has 1 unspecified atom stereocenters. The first-order valence-corrected chi connectivity index (χ1v) is 10.8. The normalized spacial score (nSPS) is 16.1. The largest absolute Gasteiger partial charge is 0.369 e. The minimum absolute atomic E-state index is 0.0158. The quantitative estimate of drug-likeness (QED) is 0.736. The van der Waals surface area contributed by atoms with Gasteiger partial charge in [0.2, 0.25) is 0 Å². The van der Waals surface area contributed by atoms with Crippen molar-refractivity contribution in [2.75, 3.05) is 18.0 Å². The first-order valence-electron chi connectivity index (χ1n) is 10.4. The van der Waals surface area contributed by atoms with Crippen molar-refractivity contribution < 1.29 is 4.79 Å². The second-order valence-corrected chi connectivity index (χ2v) is 8.87. The fourth-order valence-corrected chi connectivity index (χ4v) is 4.43. The van der Waals surface area contributed by atoms with E-state index in [0.29, 0.717) is 22.4 Å². The highest BCUT2D eigenvalue weighted by molar-refractivity contribution is 6.30. The molecule has 1 aromatic heterocycles. The highest BCUT2D eigenvalue weighted by Gasteiger charge is 2.29. The molecule has 1 aliphatic heterocycles. The summed E-state index contributed by atoms with van der Waals surface area (Å²) in [6.45, 7) is 10.4. The number of anilines is 1. The lowest BCUT2D eigenvalue weighted by molar-refractivity contribution is 0.0908. The van der Waals surface area contributed by atoms with Crippen LogP contribution in [-0.2, 0) is 0 Å². The number of hydrogen-bond donors (Lipinski definition) is 1. The number of amides is 1. The molecular weight excluding hydrogens is 384 g/mol. The van der Waals surface area contributed by atoms with Crippen molar-refractivity contribution in [1.29, 1.82) is 0 Å². The molecule has 1 N–H and O–H groups in total. The summed E-state index contributed by atoms with van der Waals surface area (Å²) in [4.78, 5) is 23.9. The molecule has 6 heteroatoms. The van der Waals surface area contributed by atoms with Gasteiger partial charge in [-0.25, -0.2) is 9.97 Å². The molecule has 1 aliphatic rings. The van der Waals surface area contributed by atoms with Gasteiger partial charge in [0.25, 0.3) is 5.91 Å². The molecule has 3 rings (SSSR count). The molecule has 0 radical (unpaired) electrons. The molecule has 29 heavy (non-hydrogen) atoms. The summed E-state index contributed by atoms with van der Waals surface area (Å²) in [5.41, 5.74) is 3.89. The number of nitrogens with zero attached hydrogens (tertiary/aromatic N) is 3. The number of hydrogen-bond acceptors (Lipinski definition) is 4. The third-order valence-corrected chi connectivity index (χ3v) is 6.01. The molecule has 1 saturated heterocycles. The Morgan fingerprint density at radius 3 is 2.28 bits per heavy atom. The van der Waals surface area contributed by atoms with E-state index in [-0.39, 0.29) is 11.9 Å². The lowest BCUT2D eigenvalue weighted by atomic mass is 9.84. The van der Waals surface area contributed by atoms with Gasteiger partial charge in [-0.1, -0.05) is 25.4 Å². The Kier molecular flexibility index (Phi) is 7.12. The van der Waals surface area contributed by atoms with E-state index in [9.17, 15) is 4.79 Å². The van der Waals surface area contributed by atoms with E-state index in [2.05, 4.69) is 34.0 Å². The van der Waals surface area contributed by atoms with Crippen LogP contribution < -0.4 is 10.2 Å². The number of carbonyl (C=O) groups excluding carboxylic acids is 1. The Bertz CT molecular complexity index is 809. The van der Waals surface area contributed by atoms with E-state index in [1.807, 2.05) is 13.8 Å². The van der Waals surface area contributed by atoms with Crippen LogP contribution in [0.5, 0.6) is 0 Å². The van der Waals surface area contributed by atoms with Crippen molar-refractivity contribution in [3.8, 4) is 0 Å². The van der Waals surface area contributed by atoms with Crippen LogP contribution in [0.1, 0.15) is 54.9 Å². The lowest BCUT2D eigenvalue weighted by Gasteiger charge is -2.38. The number of rotatable bonds is 6. The molecule has 2 aromatic rings. The molecule has 1 amide bonds. The Morgan fingerprint density at radius 1 is 1.14 bits per heavy atom. The lowest BCUT2D eigenvalue weighted by Crippen LogP contribution is -2.46. The van der Waals surface area contributed by atoms with Crippen molar-refractivity contribution in [1.82, 2.24) is 15.3 Å². The first kappa shape index (κ1) is 21.6. The Labute approximate surface area is 178 Å². The van der Waals surface area contributed by atoms with Gasteiger partial charge in [0.05, 0.1) is 17.1 Å². The van der Waals surface area contributed by atoms with E-state index in [0.717, 1.165) is 49.4 Å². The van der Waals surface area contributed by atoms with E-state index in [1.165, 1.54) is 0 Å². The molecule has 0 aliphatic carbocycles. The number of benzene rings is 1. The summed E-state index contributed by atoms with van der Waals surface area (Å²) in [6.07, 6.45) is 4.71. The van der Waals surface area contributed by atoms with Crippen molar-refractivity contribution in [2.45, 2.75) is 53.0 Å². The maximum absolute atomic E-state index is 12.8. The summed E-state index contributed by atoms with van der Waals surface area (Å²) in [7, 11) is 0. The number of piperidine rings is 1. The number of aryl methyl sites for hydroxylation is 2. The van der Waals surface area contributed by atoms with Gasteiger partial charge in [-0.15, -0.1) is 0 Å². The summed E-state index contributed by atoms with van der Waals surface area (Å²) in [5.74, 6) is 0.976. The van der Waals surface area contributed by atoms with E-state index < -0.39 is 0 Å². The molecule has 2 heterocycles. The van der Waals surface area contributed by atoms with Gasteiger partial charge in [0.1, 0.15) is 6.33 Å². The monoisotopic (exact) mass is 414 g/mol. The standard InChI is InChI=1S/C23H31ClN4O/c1-15(2)13-21(27-23(29)19-5-7-20(24)8-6-19)18-9-11-28(12-10-18)22-16(3)25-14-26-17(22)4/h5-8,14-15,18,21H,9-13H2,1-4H3,(H,27,29). The topological polar surface area (TPSA) is 58.1 Å². The maximum atomic E-state index is 12.8. The zero-order chi connectivity index (χ0) is 21.0. The Morgan fingerprint density at radius 2 is 1.72 bits per heavy atom. The zero-order valence-electron chi connectivity index (χ0n) is 17.8. The van der Waals surface area contributed by atoms with Gasteiger partial charge in [0, 0.05) is 29.7 Å². The fourth-order valence-electron chi connectivity index (χ4n) is 4.30. The minimum atomic E-state index is -0.0158. The van der Waals surface area contributed by atoms with E-state index >= 15 is 0 Å². The van der Waals surface area contributed by atoms with Crippen molar-refractivity contribution in [3.05, 3.63) is 52.6 Å². The van der Waals surface area contributed by atoms with Gasteiger partial charge in [0.15, 0.2) is 0 Å². The van der Waals surface area contributed by atoms with Gasteiger partial charge in [-0.2, -0.15) is 0 Å². The smallest absolute Gasteiger partial charge is 0.251 e. The van der Waals surface area contributed by atoms with Crippen molar-refractivity contribution >= 4 is 23.2 Å². The molecule has 1 fully saturated rings. The minimum Gasteiger partial charge on any atom is -0.369 e. The summed E-state index contributed by atoms with van der Waals surface area (Å²) < 4.78 is 0. The Balaban J connectivity index is 1.67. The molecule has 0 saturated carbocycles. The second-order valence-electron chi connectivity index (χ2n) is 8.43. The van der Waals surface area contributed by atoms with E-state index in [1.54, 1.807) is 30.6 Å². The molecule has 156 valence electrons. The third kappa shape index (κ3) is 5.47. The van der Waals surface area contributed by atoms with Crippen LogP contribution in [-0.4, -0.2) is 35.0 Å². The summed E-state index contributed by atoms with van der Waals surface area (Å²) in [6, 6.07) is 7.27. The van der Waals surface area contributed by atoms with Gasteiger partial charge in [-0.05, 0) is 69.2 Å². The van der Waals surface area contributed by atoms with Crippen molar-refractivity contribution in [3.63, 3.8) is 0 Å². The third-order valence-electron chi connectivity index (χ3n) is 5.76. The van der Waals surface area contributed by atoms with Gasteiger partial charge >= 0.3 is 0 Å². The predicted octanol–water partition coefficient (Wildman–Crippen LogP) is 4.81. The highest BCUT2D eigenvalue weighted by atomic mass is 35.5. The molecule has 1 aromatic carbocycles. The highest BCUT2D eigenvalue weighted by Crippen LogP contribution is 2.30. The first-order chi connectivity index (χ1) is 13.8. The molecule has 0 bridgehead atoms. The zero-order valence-corrected chi connectivity index (χ0v) is 18.5. The second kappa shape index (κ2) is 9.57. The summed E-state index contributed by atoms with van der Waals surface area (Å²) >= 11 is 5.95. The van der Waals surface area contributed by atoms with Crippen LogP contribution in [0, 0.1) is 25.7 Å². The average Bonchev–Trinajstić information content (AvgIpc) is 2.68. The van der Waals surface area contributed by atoms with Crippen molar-refractivity contribution in [2.24, 2.45) is 11.8 Å². The average molecular weight is 415 g/mol. The molecule has 1 atom stereocenters. The maximum Gasteiger partial charge on any atom is 0.251 e. The van der Waals surface area contributed by atoms with Crippen LogP contribution in [0.15, 0.2) is 30.6 Å². The van der Waals surface area contributed by atoms with Gasteiger partial charge < -0.3 is 10.2 Å². The fraction of sp³-hybridized carbons (Fsp3) is 0.522. The van der Waals surface area contributed by atoms with Crippen LogP contribution in [0.4, 0.5) is 5.69 Å². The number of halogens is 1. The van der Waals surface area contributed by atoms with Crippen LogP contribution in [0.2, 0.25) is 5.02 Å². The number of aromatic nitrogens is 2. The van der Waals surface area contributed by atoms with Crippen LogP contribution >= 0.6 is 11.6 Å². The van der Waals surface area contributed by atoms with E-state index in [4.69, 9.17) is 11.6 Å². The van der Waals surface area contributed by atoms with Crippen LogP contribution in [0.3, 0.4) is 0 Å². The number of carbonyl (C=O) groups is 1. The molecule has 5 nitrogen and oxygen atoms in total. The number of nitrogens with one attached hydrogen (secondary N) is 1. The predicted molar refractivity (Wildman–Crippen MR) is 119 cm³/mol. The Hall–Kier alpha value is -2.14. The SMILES string of the molecule is Cc1ncnc(C)c1N1CCC(C(CC(C)C)NC(=O)c2ccc(Cl)cc2)CC1. The van der Waals surface area contributed by atoms with Gasteiger partial charge in [-0.3, -0.25) is 4.79 Å². The molecular formula is C23H31ClN4O. The molecule has 0 spiro atoms.